The van der Waals surface area contributed by atoms with Gasteiger partial charge in [-0.2, -0.15) is 0 Å². The summed E-state index contributed by atoms with van der Waals surface area (Å²) in [6, 6.07) is 0. The molecule has 2 aromatic rings. The molecule has 0 aliphatic heterocycles. The molecule has 10 heteroatoms. The summed E-state index contributed by atoms with van der Waals surface area (Å²) in [6.07, 6.45) is 8.39. The van der Waals surface area contributed by atoms with Gasteiger partial charge in [0.2, 0.25) is 11.8 Å². The first kappa shape index (κ1) is 32.6. The minimum Gasteiger partial charge on any atom is -0.493 e. The van der Waals surface area contributed by atoms with Crippen LogP contribution < -0.4 is 0 Å². The van der Waals surface area contributed by atoms with Crippen LogP contribution in [0.4, 0.5) is 0 Å². The highest BCUT2D eigenvalue weighted by atomic mass is 32.1. The molecule has 0 aliphatic rings. The standard InChI is InChI=1S/C28H50N4O4S2/c1-7-29-19-23(35)31(25(29)37)17-15-27(3,4)13-11-21(33)9-10-22(34)12-14-28(5,6)16-18-32-24(36)20-30(8-2)26(32)38/h19-22,33-36H,7-18H2,1-6H3. The van der Waals surface area contributed by atoms with Crippen LogP contribution >= 0.6 is 24.4 Å². The maximum absolute atomic E-state index is 10.6. The van der Waals surface area contributed by atoms with E-state index in [4.69, 9.17) is 24.4 Å². The molecule has 2 heterocycles. The third-order valence-corrected chi connectivity index (χ3v) is 8.81. The van der Waals surface area contributed by atoms with Gasteiger partial charge in [-0.25, -0.2) is 0 Å². The number of aromatic nitrogens is 4. The van der Waals surface area contributed by atoms with Gasteiger partial charge in [0.25, 0.3) is 0 Å². The molecule has 0 bridgehead atoms. The van der Waals surface area contributed by atoms with Gasteiger partial charge >= 0.3 is 0 Å². The number of rotatable bonds is 17. The molecule has 218 valence electrons. The van der Waals surface area contributed by atoms with E-state index in [1.165, 1.54) is 0 Å². The molecule has 4 N–H and O–H groups in total. The van der Waals surface area contributed by atoms with Gasteiger partial charge in [-0.3, -0.25) is 9.13 Å². The van der Waals surface area contributed by atoms with Crippen molar-refractivity contribution in [1.82, 2.24) is 18.3 Å². The SMILES string of the molecule is CCn1cc(O)n(CCC(C)(C)CCC(O)CCC(O)CCC(C)(C)CCn2c(O)cn(CC)c2=S)c1=S. The van der Waals surface area contributed by atoms with E-state index in [1.807, 2.05) is 23.0 Å². The molecule has 0 amide bonds. The van der Waals surface area contributed by atoms with Crippen molar-refractivity contribution < 1.29 is 20.4 Å². The number of hydrogen-bond donors (Lipinski definition) is 4. The van der Waals surface area contributed by atoms with Crippen molar-refractivity contribution in [3.63, 3.8) is 0 Å². The average molecular weight is 571 g/mol. The summed E-state index contributed by atoms with van der Waals surface area (Å²) < 4.78 is 8.53. The third-order valence-electron chi connectivity index (χ3n) is 7.90. The van der Waals surface area contributed by atoms with E-state index in [0.29, 0.717) is 48.3 Å². The molecule has 2 rings (SSSR count). The zero-order chi connectivity index (χ0) is 28.7. The first-order valence-corrected chi connectivity index (χ1v) is 14.9. The Bertz CT molecular complexity index is 1040. The van der Waals surface area contributed by atoms with Gasteiger partial charge in [-0.05, 0) is 100 Å². The minimum absolute atomic E-state index is 0.00537. The Kier molecular flexibility index (Phi) is 12.1. The molecular weight excluding hydrogens is 520 g/mol. The Morgan fingerprint density at radius 2 is 1.00 bits per heavy atom. The van der Waals surface area contributed by atoms with Crippen molar-refractivity contribution >= 4 is 24.4 Å². The number of aliphatic hydroxyl groups is 2. The number of aromatic hydroxyl groups is 2. The molecule has 2 aromatic heterocycles. The van der Waals surface area contributed by atoms with Gasteiger partial charge in [0.1, 0.15) is 0 Å². The molecule has 0 fully saturated rings. The third kappa shape index (κ3) is 9.54. The van der Waals surface area contributed by atoms with Crippen LogP contribution in [0.3, 0.4) is 0 Å². The monoisotopic (exact) mass is 570 g/mol. The smallest absolute Gasteiger partial charge is 0.210 e. The van der Waals surface area contributed by atoms with E-state index in [2.05, 4.69) is 27.7 Å². The Labute approximate surface area is 238 Å². The van der Waals surface area contributed by atoms with Crippen molar-refractivity contribution in [1.29, 1.82) is 0 Å². The van der Waals surface area contributed by atoms with Gasteiger partial charge in [-0.1, -0.05) is 27.7 Å². The van der Waals surface area contributed by atoms with E-state index in [0.717, 1.165) is 38.8 Å². The lowest BCUT2D eigenvalue weighted by molar-refractivity contribution is 0.0858. The highest BCUT2D eigenvalue weighted by molar-refractivity contribution is 7.71. The number of aliphatic hydroxyl groups excluding tert-OH is 2. The normalized spacial score (nSPS) is 14.2. The summed E-state index contributed by atoms with van der Waals surface area (Å²) in [5, 5.41) is 41.5. The van der Waals surface area contributed by atoms with Crippen molar-refractivity contribution in [3.8, 4) is 11.8 Å². The summed E-state index contributed by atoms with van der Waals surface area (Å²) in [6.45, 7) is 15.5. The van der Waals surface area contributed by atoms with E-state index in [-0.39, 0.29) is 22.6 Å². The molecule has 0 spiro atoms. The molecule has 2 atom stereocenters. The predicted octanol–water partition coefficient (Wildman–Crippen LogP) is 6.40. The average Bonchev–Trinajstić information content (AvgIpc) is 3.30. The molecule has 0 radical (unpaired) electrons. The maximum atomic E-state index is 10.6. The van der Waals surface area contributed by atoms with Crippen molar-refractivity contribution in [2.45, 2.75) is 131 Å². The Balaban J connectivity index is 1.71. The Morgan fingerprint density at radius 1 is 0.658 bits per heavy atom. The second kappa shape index (κ2) is 14.1. The second-order valence-corrected chi connectivity index (χ2v) is 12.9. The van der Waals surface area contributed by atoms with Crippen molar-refractivity contribution in [2.24, 2.45) is 10.8 Å². The van der Waals surface area contributed by atoms with Crippen LogP contribution in [-0.4, -0.2) is 50.9 Å². The van der Waals surface area contributed by atoms with Gasteiger partial charge in [0.05, 0.1) is 24.6 Å². The van der Waals surface area contributed by atoms with E-state index in [9.17, 15) is 20.4 Å². The van der Waals surface area contributed by atoms with E-state index >= 15 is 0 Å². The maximum Gasteiger partial charge on any atom is 0.210 e. The fraction of sp³-hybridized carbons (Fsp3) is 0.786. The molecular formula is C28H50N4O4S2. The first-order valence-electron chi connectivity index (χ1n) is 14.0. The topological polar surface area (TPSA) is 101 Å². The van der Waals surface area contributed by atoms with E-state index in [1.54, 1.807) is 21.5 Å². The quantitative estimate of drug-likeness (QED) is 0.164. The molecule has 8 nitrogen and oxygen atoms in total. The Hall–Kier alpha value is -1.62. The Morgan fingerprint density at radius 3 is 1.29 bits per heavy atom. The lowest BCUT2D eigenvalue weighted by Gasteiger charge is -2.27. The molecule has 0 aliphatic carbocycles. The second-order valence-electron chi connectivity index (χ2n) is 12.2. The lowest BCUT2D eigenvalue weighted by atomic mass is 9.82. The number of nitrogens with zero attached hydrogens (tertiary/aromatic N) is 4. The first-order chi connectivity index (χ1) is 17.7. The highest BCUT2D eigenvalue weighted by Gasteiger charge is 2.23. The van der Waals surface area contributed by atoms with Crippen LogP contribution in [0.25, 0.3) is 0 Å². The summed E-state index contributed by atoms with van der Waals surface area (Å²) in [7, 11) is 0. The van der Waals surface area contributed by atoms with Gasteiger partial charge < -0.3 is 29.6 Å². The highest BCUT2D eigenvalue weighted by Crippen LogP contribution is 2.32. The number of hydrogen-bond acceptors (Lipinski definition) is 6. The van der Waals surface area contributed by atoms with E-state index < -0.39 is 12.2 Å². The van der Waals surface area contributed by atoms with Crippen LogP contribution in [0.2, 0.25) is 0 Å². The van der Waals surface area contributed by atoms with Crippen LogP contribution in [0.1, 0.15) is 92.9 Å². The van der Waals surface area contributed by atoms with Gasteiger partial charge in [0, 0.05) is 26.2 Å². The molecule has 0 saturated carbocycles. The summed E-state index contributed by atoms with van der Waals surface area (Å²) in [5.41, 5.74) is -0.0107. The largest absolute Gasteiger partial charge is 0.493 e. The van der Waals surface area contributed by atoms with Crippen LogP contribution in [-0.2, 0) is 26.2 Å². The summed E-state index contributed by atoms with van der Waals surface area (Å²) in [4.78, 5) is 0. The van der Waals surface area contributed by atoms with Crippen molar-refractivity contribution in [3.05, 3.63) is 21.9 Å². The van der Waals surface area contributed by atoms with Gasteiger partial charge in [0.15, 0.2) is 9.54 Å². The molecule has 0 saturated heterocycles. The van der Waals surface area contributed by atoms with Gasteiger partial charge in [-0.15, -0.1) is 0 Å². The lowest BCUT2D eigenvalue weighted by Crippen LogP contribution is -2.21. The molecule has 38 heavy (non-hydrogen) atoms. The predicted molar refractivity (Wildman–Crippen MR) is 158 cm³/mol. The zero-order valence-corrected chi connectivity index (χ0v) is 25.8. The fourth-order valence-electron chi connectivity index (χ4n) is 4.78. The number of aryl methyl sites for hydroxylation is 2. The summed E-state index contributed by atoms with van der Waals surface area (Å²) in [5.74, 6) is 0.393. The minimum atomic E-state index is -0.443. The zero-order valence-electron chi connectivity index (χ0n) is 24.2. The van der Waals surface area contributed by atoms with Crippen LogP contribution in [0, 0.1) is 20.4 Å². The summed E-state index contributed by atoms with van der Waals surface area (Å²) >= 11 is 10.9. The van der Waals surface area contributed by atoms with Crippen LogP contribution in [0.5, 0.6) is 11.8 Å². The number of imidazole rings is 2. The molecule has 0 aromatic carbocycles. The fourth-order valence-corrected chi connectivity index (χ4v) is 5.51. The molecule has 2 unspecified atom stereocenters. The van der Waals surface area contributed by atoms with Crippen LogP contribution in [0.15, 0.2) is 12.4 Å². The van der Waals surface area contributed by atoms with Crippen molar-refractivity contribution in [2.75, 3.05) is 0 Å².